The lowest BCUT2D eigenvalue weighted by Gasteiger charge is -2.05. The molecule has 1 heterocycles. The molecule has 0 spiro atoms. The fraction of sp³-hybridized carbons (Fsp3) is 0.0833. The van der Waals surface area contributed by atoms with Crippen molar-refractivity contribution in [1.82, 2.24) is 9.97 Å². The van der Waals surface area contributed by atoms with Gasteiger partial charge in [-0.25, -0.2) is 4.98 Å². The Morgan fingerprint density at radius 3 is 2.88 bits per heavy atom. The van der Waals surface area contributed by atoms with E-state index in [1.807, 2.05) is 31.2 Å². The molecule has 0 saturated heterocycles. The first-order chi connectivity index (χ1) is 8.15. The van der Waals surface area contributed by atoms with Crippen molar-refractivity contribution in [2.45, 2.75) is 6.92 Å². The Morgan fingerprint density at radius 2 is 2.18 bits per heavy atom. The zero-order valence-electron chi connectivity index (χ0n) is 9.25. The lowest BCUT2D eigenvalue weighted by Crippen LogP contribution is -2.12. The summed E-state index contributed by atoms with van der Waals surface area (Å²) in [4.78, 5) is 8.32. The fourth-order valence-corrected chi connectivity index (χ4v) is 1.41. The van der Waals surface area contributed by atoms with Crippen molar-refractivity contribution in [2.24, 2.45) is 5.73 Å². The van der Waals surface area contributed by atoms with Gasteiger partial charge >= 0.3 is 0 Å². The number of nitrogens with two attached hydrogens (primary N) is 1. The molecule has 0 saturated carbocycles. The standard InChI is InChI=1S/C12H11N3OS/c1-8-3-2-4-9(5-8)16-11-7-14-6-10(15-11)12(13)17/h2-7H,1H3,(H2,13,17). The van der Waals surface area contributed by atoms with Crippen LogP contribution in [-0.2, 0) is 0 Å². The van der Waals surface area contributed by atoms with E-state index in [-0.39, 0.29) is 4.99 Å². The number of hydrogen-bond acceptors (Lipinski definition) is 4. The fourth-order valence-electron chi connectivity index (χ4n) is 1.32. The third-order valence-corrected chi connectivity index (χ3v) is 2.29. The van der Waals surface area contributed by atoms with Crippen molar-refractivity contribution in [3.8, 4) is 11.6 Å². The van der Waals surface area contributed by atoms with Gasteiger partial charge in [0.25, 0.3) is 0 Å². The van der Waals surface area contributed by atoms with Gasteiger partial charge in [-0.05, 0) is 24.6 Å². The molecule has 17 heavy (non-hydrogen) atoms. The van der Waals surface area contributed by atoms with E-state index in [4.69, 9.17) is 22.7 Å². The SMILES string of the molecule is Cc1cccc(Oc2cncc(C(N)=S)n2)c1. The van der Waals surface area contributed by atoms with Crippen LogP contribution in [0.3, 0.4) is 0 Å². The molecule has 5 heteroatoms. The normalized spacial score (nSPS) is 9.94. The number of aromatic nitrogens is 2. The molecule has 0 amide bonds. The van der Waals surface area contributed by atoms with Crippen LogP contribution in [0.15, 0.2) is 36.7 Å². The Morgan fingerprint density at radius 1 is 1.35 bits per heavy atom. The van der Waals surface area contributed by atoms with Crippen molar-refractivity contribution < 1.29 is 4.74 Å². The summed E-state index contributed by atoms with van der Waals surface area (Å²) in [5.41, 5.74) is 7.03. The average Bonchev–Trinajstić information content (AvgIpc) is 2.29. The van der Waals surface area contributed by atoms with Crippen molar-refractivity contribution >= 4 is 17.2 Å². The van der Waals surface area contributed by atoms with E-state index in [0.29, 0.717) is 17.3 Å². The Labute approximate surface area is 104 Å². The summed E-state index contributed by atoms with van der Waals surface area (Å²) in [6.45, 7) is 1.99. The molecule has 0 fully saturated rings. The number of aryl methyl sites for hydroxylation is 1. The van der Waals surface area contributed by atoms with Crippen LogP contribution >= 0.6 is 12.2 Å². The Bertz CT molecular complexity index is 557. The van der Waals surface area contributed by atoms with Crippen LogP contribution in [0.5, 0.6) is 11.6 Å². The first kappa shape index (κ1) is 11.5. The number of nitrogens with zero attached hydrogens (tertiary/aromatic N) is 2. The van der Waals surface area contributed by atoms with Gasteiger partial charge < -0.3 is 10.5 Å². The lowest BCUT2D eigenvalue weighted by molar-refractivity contribution is 0.459. The summed E-state index contributed by atoms with van der Waals surface area (Å²) in [6, 6.07) is 7.66. The maximum Gasteiger partial charge on any atom is 0.238 e. The molecule has 2 aromatic rings. The Balaban J connectivity index is 2.24. The van der Waals surface area contributed by atoms with E-state index >= 15 is 0 Å². The van der Waals surface area contributed by atoms with E-state index in [2.05, 4.69) is 9.97 Å². The van der Waals surface area contributed by atoms with Gasteiger partial charge in [-0.15, -0.1) is 0 Å². The van der Waals surface area contributed by atoms with Crippen molar-refractivity contribution in [1.29, 1.82) is 0 Å². The van der Waals surface area contributed by atoms with Gasteiger partial charge in [0.15, 0.2) is 0 Å². The van der Waals surface area contributed by atoms with Crippen LogP contribution in [0.1, 0.15) is 11.3 Å². The van der Waals surface area contributed by atoms with E-state index in [0.717, 1.165) is 5.56 Å². The molecule has 2 N–H and O–H groups in total. The molecule has 1 aromatic heterocycles. The van der Waals surface area contributed by atoms with Gasteiger partial charge in [-0.3, -0.25) is 4.98 Å². The zero-order chi connectivity index (χ0) is 12.3. The number of rotatable bonds is 3. The molecule has 2 rings (SSSR count). The van der Waals surface area contributed by atoms with E-state index in [1.54, 1.807) is 0 Å². The van der Waals surface area contributed by atoms with Crippen LogP contribution in [0.25, 0.3) is 0 Å². The Hall–Kier alpha value is -2.01. The first-order valence-corrected chi connectivity index (χ1v) is 5.42. The maximum atomic E-state index is 5.56. The second kappa shape index (κ2) is 4.88. The first-order valence-electron chi connectivity index (χ1n) is 5.01. The van der Waals surface area contributed by atoms with Gasteiger partial charge in [0, 0.05) is 0 Å². The molecule has 0 unspecified atom stereocenters. The topological polar surface area (TPSA) is 61.0 Å². The highest BCUT2D eigenvalue weighted by Gasteiger charge is 2.03. The average molecular weight is 245 g/mol. The molecular weight excluding hydrogens is 234 g/mol. The second-order valence-corrected chi connectivity index (χ2v) is 3.97. The number of thiocarbonyl (C=S) groups is 1. The van der Waals surface area contributed by atoms with Crippen molar-refractivity contribution in [3.63, 3.8) is 0 Å². The van der Waals surface area contributed by atoms with Crippen molar-refractivity contribution in [2.75, 3.05) is 0 Å². The smallest absolute Gasteiger partial charge is 0.238 e. The van der Waals surface area contributed by atoms with Crippen LogP contribution in [-0.4, -0.2) is 15.0 Å². The van der Waals surface area contributed by atoms with E-state index in [1.165, 1.54) is 12.4 Å². The van der Waals surface area contributed by atoms with E-state index < -0.39 is 0 Å². The van der Waals surface area contributed by atoms with Crippen LogP contribution in [0.2, 0.25) is 0 Å². The second-order valence-electron chi connectivity index (χ2n) is 3.53. The van der Waals surface area contributed by atoms with Gasteiger partial charge in [-0.1, -0.05) is 24.4 Å². The molecule has 0 radical (unpaired) electrons. The van der Waals surface area contributed by atoms with E-state index in [9.17, 15) is 0 Å². The minimum Gasteiger partial charge on any atom is -0.437 e. The number of benzene rings is 1. The van der Waals surface area contributed by atoms with Crippen LogP contribution in [0, 0.1) is 6.92 Å². The highest BCUT2D eigenvalue weighted by molar-refractivity contribution is 7.80. The minimum absolute atomic E-state index is 0.201. The predicted molar refractivity (Wildman–Crippen MR) is 69.2 cm³/mol. The molecule has 0 atom stereocenters. The largest absolute Gasteiger partial charge is 0.437 e. The third kappa shape index (κ3) is 2.98. The molecule has 0 aliphatic heterocycles. The summed E-state index contributed by atoms with van der Waals surface area (Å²) in [6.07, 6.45) is 3.02. The lowest BCUT2D eigenvalue weighted by atomic mass is 10.2. The molecule has 1 aromatic carbocycles. The third-order valence-electron chi connectivity index (χ3n) is 2.08. The van der Waals surface area contributed by atoms with Crippen LogP contribution in [0.4, 0.5) is 0 Å². The zero-order valence-corrected chi connectivity index (χ0v) is 10.1. The number of hydrogen-bond donors (Lipinski definition) is 1. The predicted octanol–water partition coefficient (Wildman–Crippen LogP) is 2.21. The van der Waals surface area contributed by atoms with Gasteiger partial charge in [-0.2, -0.15) is 0 Å². The molecule has 0 aliphatic carbocycles. The Kier molecular flexibility index (Phi) is 3.30. The summed E-state index contributed by atoms with van der Waals surface area (Å²) in [7, 11) is 0. The molecule has 4 nitrogen and oxygen atoms in total. The highest BCUT2D eigenvalue weighted by Crippen LogP contribution is 2.19. The number of ether oxygens (including phenoxy) is 1. The van der Waals surface area contributed by atoms with Gasteiger partial charge in [0.05, 0.1) is 12.4 Å². The molecule has 0 aliphatic rings. The monoisotopic (exact) mass is 245 g/mol. The highest BCUT2D eigenvalue weighted by atomic mass is 32.1. The quantitative estimate of drug-likeness (QED) is 0.840. The summed E-state index contributed by atoms with van der Waals surface area (Å²) >= 11 is 4.83. The van der Waals surface area contributed by atoms with Crippen LogP contribution < -0.4 is 10.5 Å². The minimum atomic E-state index is 0.201. The molecule has 0 bridgehead atoms. The van der Waals surface area contributed by atoms with Gasteiger partial charge in [0.1, 0.15) is 16.4 Å². The summed E-state index contributed by atoms with van der Waals surface area (Å²) in [5.74, 6) is 1.08. The maximum absolute atomic E-state index is 5.56. The summed E-state index contributed by atoms with van der Waals surface area (Å²) < 4.78 is 5.56. The molecule has 86 valence electrons. The summed E-state index contributed by atoms with van der Waals surface area (Å²) in [5, 5.41) is 0. The van der Waals surface area contributed by atoms with Crippen molar-refractivity contribution in [3.05, 3.63) is 47.9 Å². The van der Waals surface area contributed by atoms with Gasteiger partial charge in [0.2, 0.25) is 5.88 Å². The molecular formula is C12H11N3OS.